The lowest BCUT2D eigenvalue weighted by Gasteiger charge is -2.31. The van der Waals surface area contributed by atoms with Crippen LogP contribution in [0, 0.1) is 5.92 Å². The van der Waals surface area contributed by atoms with Gasteiger partial charge in [-0.05, 0) is 36.8 Å². The number of hydrogen-bond donors (Lipinski definition) is 0. The van der Waals surface area contributed by atoms with Crippen LogP contribution in [-0.4, -0.2) is 34.8 Å². The summed E-state index contributed by atoms with van der Waals surface area (Å²) >= 11 is 0. The van der Waals surface area contributed by atoms with Gasteiger partial charge in [0.2, 0.25) is 0 Å². The average molecular weight is 295 g/mol. The van der Waals surface area contributed by atoms with Crippen molar-refractivity contribution in [2.45, 2.75) is 26.2 Å². The fourth-order valence-corrected chi connectivity index (χ4v) is 3.34. The first kappa shape index (κ1) is 13.5. The van der Waals surface area contributed by atoms with Crippen LogP contribution in [0.3, 0.4) is 0 Å². The summed E-state index contributed by atoms with van der Waals surface area (Å²) in [6.45, 7) is 5.38. The topological polar surface area (TPSA) is 45.2 Å². The Balaban J connectivity index is 1.60. The van der Waals surface area contributed by atoms with Crippen LogP contribution >= 0.6 is 0 Å². The van der Waals surface area contributed by atoms with E-state index in [-0.39, 0.29) is 0 Å². The minimum atomic E-state index is 0.723. The molecule has 0 unspecified atom stereocenters. The molecule has 5 nitrogen and oxygen atoms in total. The second kappa shape index (κ2) is 5.55. The number of aromatic nitrogens is 3. The number of nitrogens with zero attached hydrogens (tertiary/aromatic N) is 5. The van der Waals surface area contributed by atoms with Gasteiger partial charge < -0.3 is 9.80 Å². The third-order valence-corrected chi connectivity index (χ3v) is 4.77. The average Bonchev–Trinajstić information content (AvgIpc) is 3.00. The van der Waals surface area contributed by atoms with Crippen molar-refractivity contribution < 1.29 is 0 Å². The van der Waals surface area contributed by atoms with E-state index in [1.165, 1.54) is 24.1 Å². The fourth-order valence-electron chi connectivity index (χ4n) is 3.34. The highest BCUT2D eigenvalue weighted by molar-refractivity contribution is 5.66. The van der Waals surface area contributed by atoms with E-state index in [9.17, 15) is 0 Å². The lowest BCUT2D eigenvalue weighted by Crippen LogP contribution is -2.34. The summed E-state index contributed by atoms with van der Waals surface area (Å²) in [4.78, 5) is 9.29. The molecule has 0 atom stereocenters. The Labute approximate surface area is 131 Å². The van der Waals surface area contributed by atoms with E-state index >= 15 is 0 Å². The smallest absolute Gasteiger partial charge is 0.251 e. The first-order valence-electron chi connectivity index (χ1n) is 8.11. The van der Waals surface area contributed by atoms with Crippen LogP contribution in [0.2, 0.25) is 0 Å². The summed E-state index contributed by atoms with van der Waals surface area (Å²) in [6, 6.07) is 8.48. The van der Waals surface area contributed by atoms with Gasteiger partial charge in [0.05, 0.1) is 6.20 Å². The van der Waals surface area contributed by atoms with Crippen molar-refractivity contribution in [3.05, 3.63) is 36.0 Å². The molecular formula is C17H21N5. The van der Waals surface area contributed by atoms with Gasteiger partial charge in [-0.25, -0.2) is 0 Å². The Morgan fingerprint density at radius 2 is 1.91 bits per heavy atom. The van der Waals surface area contributed by atoms with Crippen LogP contribution < -0.4 is 9.80 Å². The molecule has 0 bridgehead atoms. The number of para-hydroxylation sites is 1. The summed E-state index contributed by atoms with van der Waals surface area (Å²) in [5.41, 5.74) is 2.58. The Morgan fingerprint density at radius 1 is 1.09 bits per heavy atom. The van der Waals surface area contributed by atoms with Crippen molar-refractivity contribution in [3.63, 3.8) is 0 Å². The Hall–Kier alpha value is -2.17. The normalized spacial score (nSPS) is 18.6. The lowest BCUT2D eigenvalue weighted by atomic mass is 9.99. The third kappa shape index (κ3) is 2.40. The van der Waals surface area contributed by atoms with Gasteiger partial charge >= 0.3 is 0 Å². The molecule has 5 heteroatoms. The lowest BCUT2D eigenvalue weighted by molar-refractivity contribution is 0.436. The first-order valence-corrected chi connectivity index (χ1v) is 8.11. The summed E-state index contributed by atoms with van der Waals surface area (Å²) < 4.78 is 0. The SMILES string of the molecule is CC1CCN(c2cnnc(N3CCc4ccccc43)n2)CC1. The van der Waals surface area contributed by atoms with Gasteiger partial charge in [0, 0.05) is 25.3 Å². The van der Waals surface area contributed by atoms with Crippen molar-refractivity contribution in [2.24, 2.45) is 5.92 Å². The molecule has 0 amide bonds. The molecule has 2 aromatic rings. The van der Waals surface area contributed by atoms with Gasteiger partial charge in [0.25, 0.3) is 5.95 Å². The van der Waals surface area contributed by atoms with Gasteiger partial charge in [-0.2, -0.15) is 10.1 Å². The van der Waals surface area contributed by atoms with Crippen molar-refractivity contribution in [1.29, 1.82) is 0 Å². The van der Waals surface area contributed by atoms with E-state index in [2.05, 4.69) is 51.2 Å². The van der Waals surface area contributed by atoms with Crippen molar-refractivity contribution in [1.82, 2.24) is 15.2 Å². The van der Waals surface area contributed by atoms with Crippen molar-refractivity contribution in [3.8, 4) is 0 Å². The van der Waals surface area contributed by atoms with E-state index in [0.29, 0.717) is 0 Å². The summed E-state index contributed by atoms with van der Waals surface area (Å²) in [6.07, 6.45) is 5.30. The highest BCUT2D eigenvalue weighted by Gasteiger charge is 2.24. The minimum absolute atomic E-state index is 0.723. The molecule has 114 valence electrons. The second-order valence-corrected chi connectivity index (χ2v) is 6.31. The van der Waals surface area contributed by atoms with Crippen LogP contribution in [0.15, 0.2) is 30.5 Å². The van der Waals surface area contributed by atoms with Gasteiger partial charge in [0.15, 0.2) is 5.82 Å². The van der Waals surface area contributed by atoms with Gasteiger partial charge in [0.1, 0.15) is 0 Å². The zero-order valence-electron chi connectivity index (χ0n) is 12.9. The zero-order valence-corrected chi connectivity index (χ0v) is 12.9. The second-order valence-electron chi connectivity index (χ2n) is 6.31. The molecule has 1 saturated heterocycles. The largest absolute Gasteiger partial charge is 0.355 e. The van der Waals surface area contributed by atoms with Gasteiger partial charge in [-0.3, -0.25) is 0 Å². The third-order valence-electron chi connectivity index (χ3n) is 4.77. The van der Waals surface area contributed by atoms with E-state index < -0.39 is 0 Å². The van der Waals surface area contributed by atoms with E-state index in [1.807, 2.05) is 0 Å². The molecular weight excluding hydrogens is 274 g/mol. The minimum Gasteiger partial charge on any atom is -0.355 e. The summed E-state index contributed by atoms with van der Waals surface area (Å²) in [7, 11) is 0. The highest BCUT2D eigenvalue weighted by Crippen LogP contribution is 2.32. The first-order chi connectivity index (χ1) is 10.8. The molecule has 2 aliphatic heterocycles. The van der Waals surface area contributed by atoms with Crippen LogP contribution in [-0.2, 0) is 6.42 Å². The number of benzene rings is 1. The quantitative estimate of drug-likeness (QED) is 0.852. The number of fused-ring (bicyclic) bond motifs is 1. The number of hydrogen-bond acceptors (Lipinski definition) is 5. The van der Waals surface area contributed by atoms with E-state index in [1.54, 1.807) is 6.20 Å². The molecule has 1 aromatic heterocycles. The maximum atomic E-state index is 4.78. The monoisotopic (exact) mass is 295 g/mol. The Bertz CT molecular complexity index is 664. The molecule has 0 saturated carbocycles. The standard InChI is InChI=1S/C17H21N5/c1-13-6-9-21(10-7-13)16-12-18-20-17(19-16)22-11-8-14-4-2-3-5-15(14)22/h2-5,12-13H,6-11H2,1H3. The van der Waals surface area contributed by atoms with Crippen LogP contribution in [0.5, 0.6) is 0 Å². The number of piperidine rings is 1. The predicted octanol–water partition coefficient (Wildman–Crippen LogP) is 2.80. The van der Waals surface area contributed by atoms with Gasteiger partial charge in [-0.1, -0.05) is 25.1 Å². The molecule has 3 heterocycles. The molecule has 1 fully saturated rings. The molecule has 2 aliphatic rings. The Morgan fingerprint density at radius 3 is 2.77 bits per heavy atom. The molecule has 0 spiro atoms. The molecule has 4 rings (SSSR count). The number of anilines is 3. The van der Waals surface area contributed by atoms with E-state index in [0.717, 1.165) is 43.7 Å². The van der Waals surface area contributed by atoms with Crippen LogP contribution in [0.25, 0.3) is 0 Å². The van der Waals surface area contributed by atoms with Gasteiger partial charge in [-0.15, -0.1) is 5.10 Å². The highest BCUT2D eigenvalue weighted by atomic mass is 15.4. The molecule has 0 radical (unpaired) electrons. The molecule has 0 N–H and O–H groups in total. The number of rotatable bonds is 2. The molecule has 1 aromatic carbocycles. The van der Waals surface area contributed by atoms with Crippen LogP contribution in [0.4, 0.5) is 17.5 Å². The molecule has 22 heavy (non-hydrogen) atoms. The Kier molecular flexibility index (Phi) is 3.41. The van der Waals surface area contributed by atoms with Crippen LogP contribution in [0.1, 0.15) is 25.3 Å². The maximum absolute atomic E-state index is 4.78. The van der Waals surface area contributed by atoms with Crippen molar-refractivity contribution >= 4 is 17.5 Å². The summed E-state index contributed by atoms with van der Waals surface area (Å²) in [5.74, 6) is 2.50. The zero-order chi connectivity index (χ0) is 14.9. The van der Waals surface area contributed by atoms with E-state index in [4.69, 9.17) is 4.98 Å². The molecule has 0 aliphatic carbocycles. The fraction of sp³-hybridized carbons (Fsp3) is 0.471. The van der Waals surface area contributed by atoms with Crippen molar-refractivity contribution in [2.75, 3.05) is 29.4 Å². The predicted molar refractivity (Wildman–Crippen MR) is 87.6 cm³/mol. The summed E-state index contributed by atoms with van der Waals surface area (Å²) in [5, 5.41) is 8.47. The maximum Gasteiger partial charge on any atom is 0.251 e.